The molecule has 1 aromatic rings. The molecule has 1 aliphatic rings. The van der Waals surface area contributed by atoms with Gasteiger partial charge in [-0.25, -0.2) is 4.39 Å². The summed E-state index contributed by atoms with van der Waals surface area (Å²) in [5, 5.41) is 3.50. The van der Waals surface area contributed by atoms with E-state index in [-0.39, 0.29) is 11.5 Å². The van der Waals surface area contributed by atoms with Gasteiger partial charge in [-0.1, -0.05) is 37.8 Å². The van der Waals surface area contributed by atoms with Crippen LogP contribution in [0.5, 0.6) is 0 Å². The van der Waals surface area contributed by atoms with Gasteiger partial charge in [0.1, 0.15) is 5.82 Å². The summed E-state index contributed by atoms with van der Waals surface area (Å²) in [6, 6.07) is 5.59. The summed E-state index contributed by atoms with van der Waals surface area (Å²) >= 11 is 0. The Bertz CT molecular complexity index is 357. The van der Waals surface area contributed by atoms with Gasteiger partial charge in [0.2, 0.25) is 0 Å². The van der Waals surface area contributed by atoms with Crippen LogP contribution < -0.4 is 11.1 Å². The molecule has 0 radical (unpaired) electrons. The van der Waals surface area contributed by atoms with Crippen LogP contribution in [-0.2, 0) is 6.54 Å². The molecule has 0 amide bonds. The van der Waals surface area contributed by atoms with Crippen molar-refractivity contribution in [1.82, 2.24) is 5.32 Å². The summed E-state index contributed by atoms with van der Waals surface area (Å²) in [4.78, 5) is 0. The van der Waals surface area contributed by atoms with Crippen molar-refractivity contribution >= 4 is 5.69 Å². The van der Waals surface area contributed by atoms with Crippen LogP contribution in [0.2, 0.25) is 0 Å². The number of hydrogen-bond acceptors (Lipinski definition) is 2. The fourth-order valence-electron chi connectivity index (χ4n) is 2.47. The molecule has 1 fully saturated rings. The molecule has 0 saturated heterocycles. The van der Waals surface area contributed by atoms with Crippen LogP contribution in [-0.4, -0.2) is 6.04 Å². The van der Waals surface area contributed by atoms with Crippen molar-refractivity contribution in [2.24, 2.45) is 0 Å². The molecular formula is C14H21FN2. The summed E-state index contributed by atoms with van der Waals surface area (Å²) in [6.07, 6.45) is 7.76. The van der Waals surface area contributed by atoms with E-state index in [1.54, 1.807) is 6.07 Å². The quantitative estimate of drug-likeness (QED) is 0.624. The molecule has 0 aromatic heterocycles. The first kappa shape index (κ1) is 12.4. The average molecular weight is 236 g/mol. The predicted octanol–water partition coefficient (Wildman–Crippen LogP) is 3.22. The van der Waals surface area contributed by atoms with Gasteiger partial charge in [-0.05, 0) is 24.5 Å². The maximum absolute atomic E-state index is 13.3. The monoisotopic (exact) mass is 236 g/mol. The molecule has 1 aliphatic carbocycles. The molecule has 0 bridgehead atoms. The molecule has 0 spiro atoms. The van der Waals surface area contributed by atoms with E-state index < -0.39 is 0 Å². The maximum atomic E-state index is 13.3. The van der Waals surface area contributed by atoms with E-state index in [1.165, 1.54) is 44.6 Å². The predicted molar refractivity (Wildman–Crippen MR) is 69.1 cm³/mol. The average Bonchev–Trinajstić information content (AvgIpc) is 2.59. The Morgan fingerprint density at radius 2 is 1.88 bits per heavy atom. The van der Waals surface area contributed by atoms with Gasteiger partial charge < -0.3 is 11.1 Å². The second-order valence-electron chi connectivity index (χ2n) is 4.88. The molecule has 0 atom stereocenters. The normalized spacial score (nSPS) is 17.9. The Labute approximate surface area is 102 Å². The number of nitrogens with one attached hydrogen (secondary N) is 1. The minimum absolute atomic E-state index is 0.286. The first-order chi connectivity index (χ1) is 8.27. The number of nitrogens with two attached hydrogens (primary N) is 1. The third-order valence-electron chi connectivity index (χ3n) is 3.58. The van der Waals surface area contributed by atoms with Gasteiger partial charge in [-0.3, -0.25) is 0 Å². The Morgan fingerprint density at radius 3 is 2.59 bits per heavy atom. The molecule has 2 rings (SSSR count). The molecule has 0 unspecified atom stereocenters. The van der Waals surface area contributed by atoms with Gasteiger partial charge in [0, 0.05) is 12.6 Å². The molecule has 94 valence electrons. The molecule has 0 aliphatic heterocycles. The lowest BCUT2D eigenvalue weighted by molar-refractivity contribution is 0.459. The van der Waals surface area contributed by atoms with Gasteiger partial charge in [-0.2, -0.15) is 0 Å². The van der Waals surface area contributed by atoms with E-state index in [2.05, 4.69) is 5.32 Å². The first-order valence-electron chi connectivity index (χ1n) is 6.53. The molecule has 3 N–H and O–H groups in total. The molecular weight excluding hydrogens is 215 g/mol. The van der Waals surface area contributed by atoms with E-state index in [0.717, 1.165) is 5.56 Å². The van der Waals surface area contributed by atoms with E-state index in [9.17, 15) is 4.39 Å². The first-order valence-corrected chi connectivity index (χ1v) is 6.53. The molecule has 1 aromatic carbocycles. The zero-order valence-electron chi connectivity index (χ0n) is 10.2. The van der Waals surface area contributed by atoms with Crippen molar-refractivity contribution in [1.29, 1.82) is 0 Å². The summed E-state index contributed by atoms with van der Waals surface area (Å²) < 4.78 is 13.3. The van der Waals surface area contributed by atoms with Crippen molar-refractivity contribution in [2.45, 2.75) is 51.1 Å². The number of nitrogen functional groups attached to an aromatic ring is 1. The number of hydrogen-bond donors (Lipinski definition) is 2. The van der Waals surface area contributed by atoms with Crippen LogP contribution in [0.4, 0.5) is 10.1 Å². The molecule has 1 saturated carbocycles. The minimum atomic E-state index is -0.315. The number of rotatable bonds is 3. The lowest BCUT2D eigenvalue weighted by atomic mass is 10.1. The second kappa shape index (κ2) is 6.01. The van der Waals surface area contributed by atoms with Crippen molar-refractivity contribution in [3.05, 3.63) is 29.6 Å². The minimum Gasteiger partial charge on any atom is -0.396 e. The fourth-order valence-corrected chi connectivity index (χ4v) is 2.47. The second-order valence-corrected chi connectivity index (χ2v) is 4.88. The lowest BCUT2D eigenvalue weighted by Crippen LogP contribution is -2.28. The SMILES string of the molecule is Nc1c(F)cccc1CNC1CCCCCC1. The lowest BCUT2D eigenvalue weighted by Gasteiger charge is -2.17. The number of halogens is 1. The summed E-state index contributed by atoms with van der Waals surface area (Å²) in [7, 11) is 0. The van der Waals surface area contributed by atoms with Crippen molar-refractivity contribution in [3.63, 3.8) is 0 Å². The van der Waals surface area contributed by atoms with Crippen LogP contribution in [0.25, 0.3) is 0 Å². The Hall–Kier alpha value is -1.09. The Balaban J connectivity index is 1.90. The third kappa shape index (κ3) is 3.43. The molecule has 3 heteroatoms. The van der Waals surface area contributed by atoms with Crippen molar-refractivity contribution < 1.29 is 4.39 Å². The van der Waals surface area contributed by atoms with Gasteiger partial charge in [0.15, 0.2) is 0 Å². The van der Waals surface area contributed by atoms with E-state index in [4.69, 9.17) is 5.73 Å². The molecule has 0 heterocycles. The van der Waals surface area contributed by atoms with Crippen LogP contribution in [0.1, 0.15) is 44.1 Å². The van der Waals surface area contributed by atoms with Crippen LogP contribution in [0, 0.1) is 5.82 Å². The maximum Gasteiger partial charge on any atom is 0.146 e. The summed E-state index contributed by atoms with van der Waals surface area (Å²) in [5.41, 5.74) is 6.87. The number of para-hydroxylation sites is 1. The van der Waals surface area contributed by atoms with Gasteiger partial charge in [0.25, 0.3) is 0 Å². The highest BCUT2D eigenvalue weighted by Crippen LogP contribution is 2.19. The summed E-state index contributed by atoms with van der Waals surface area (Å²) in [5.74, 6) is -0.315. The Morgan fingerprint density at radius 1 is 1.18 bits per heavy atom. The van der Waals surface area contributed by atoms with Gasteiger partial charge >= 0.3 is 0 Å². The third-order valence-corrected chi connectivity index (χ3v) is 3.58. The topological polar surface area (TPSA) is 38.0 Å². The highest BCUT2D eigenvalue weighted by Gasteiger charge is 2.12. The molecule has 2 nitrogen and oxygen atoms in total. The fraction of sp³-hybridized carbons (Fsp3) is 0.571. The molecule has 17 heavy (non-hydrogen) atoms. The van der Waals surface area contributed by atoms with Crippen LogP contribution in [0.15, 0.2) is 18.2 Å². The van der Waals surface area contributed by atoms with E-state index in [1.807, 2.05) is 6.07 Å². The highest BCUT2D eigenvalue weighted by atomic mass is 19.1. The van der Waals surface area contributed by atoms with Crippen molar-refractivity contribution in [3.8, 4) is 0 Å². The zero-order chi connectivity index (χ0) is 12.1. The van der Waals surface area contributed by atoms with Crippen LogP contribution >= 0.6 is 0 Å². The highest BCUT2D eigenvalue weighted by molar-refractivity contribution is 5.47. The number of benzene rings is 1. The number of anilines is 1. The van der Waals surface area contributed by atoms with E-state index >= 15 is 0 Å². The summed E-state index contributed by atoms with van der Waals surface area (Å²) in [6.45, 7) is 0.675. The van der Waals surface area contributed by atoms with Gasteiger partial charge in [-0.15, -0.1) is 0 Å². The largest absolute Gasteiger partial charge is 0.396 e. The van der Waals surface area contributed by atoms with Crippen molar-refractivity contribution in [2.75, 3.05) is 5.73 Å². The van der Waals surface area contributed by atoms with Gasteiger partial charge in [0.05, 0.1) is 5.69 Å². The Kier molecular flexibility index (Phi) is 4.37. The van der Waals surface area contributed by atoms with E-state index in [0.29, 0.717) is 12.6 Å². The van der Waals surface area contributed by atoms with Crippen LogP contribution in [0.3, 0.4) is 0 Å². The standard InChI is InChI=1S/C14H21FN2/c15-13-9-5-6-11(14(13)16)10-17-12-7-3-1-2-4-8-12/h5-6,9,12,17H,1-4,7-8,10,16H2. The smallest absolute Gasteiger partial charge is 0.146 e. The zero-order valence-corrected chi connectivity index (χ0v) is 10.2.